The molecule has 1 aromatic carbocycles. The number of amides is 1. The second kappa shape index (κ2) is 7.16. The van der Waals surface area contributed by atoms with Crippen LogP contribution in [-0.4, -0.2) is 40.3 Å². The van der Waals surface area contributed by atoms with Gasteiger partial charge in [0.15, 0.2) is 11.5 Å². The third kappa shape index (κ3) is 2.97. The third-order valence-electron chi connectivity index (χ3n) is 5.09. The van der Waals surface area contributed by atoms with Gasteiger partial charge in [0.1, 0.15) is 5.75 Å². The van der Waals surface area contributed by atoms with E-state index in [1.54, 1.807) is 12.0 Å². The van der Waals surface area contributed by atoms with Crippen LogP contribution in [0.1, 0.15) is 23.4 Å². The molecule has 0 unspecified atom stereocenters. The summed E-state index contributed by atoms with van der Waals surface area (Å²) in [7, 11) is 1.62. The fourth-order valence-electron chi connectivity index (χ4n) is 3.72. The molecule has 1 aliphatic heterocycles. The van der Waals surface area contributed by atoms with Gasteiger partial charge >= 0.3 is 0 Å². The number of ketones is 1. The first-order chi connectivity index (χ1) is 13.5. The van der Waals surface area contributed by atoms with Crippen molar-refractivity contribution in [3.05, 3.63) is 63.7 Å². The average Bonchev–Trinajstić information content (AvgIpc) is 3.40. The monoisotopic (exact) mass is 396 g/mol. The summed E-state index contributed by atoms with van der Waals surface area (Å²) in [5, 5.41) is 13.2. The number of Topliss-reactive ketones (excluding diaryl/α,β-unsaturated/α-hetero) is 1. The number of thiophene rings is 1. The first-order valence-corrected chi connectivity index (χ1v) is 9.81. The van der Waals surface area contributed by atoms with Gasteiger partial charge in [-0.2, -0.15) is 0 Å². The molecular formula is C21H20N2O4S. The number of benzene rings is 1. The predicted octanol–water partition coefficient (Wildman–Crippen LogP) is 3.77. The minimum absolute atomic E-state index is 0.174. The van der Waals surface area contributed by atoms with Crippen LogP contribution in [-0.2, 0) is 16.0 Å². The van der Waals surface area contributed by atoms with Crippen molar-refractivity contribution in [3.8, 4) is 5.75 Å². The van der Waals surface area contributed by atoms with Crippen LogP contribution in [0.25, 0.3) is 10.9 Å². The number of methoxy groups -OCH3 is 1. The van der Waals surface area contributed by atoms with Crippen LogP contribution in [0.4, 0.5) is 0 Å². The number of aromatic nitrogens is 1. The number of hydrogen-bond acceptors (Lipinski definition) is 5. The Bertz CT molecular complexity index is 1080. The molecule has 3 heterocycles. The molecule has 3 aromatic rings. The van der Waals surface area contributed by atoms with Crippen LogP contribution < -0.4 is 4.74 Å². The molecule has 144 valence electrons. The maximum Gasteiger partial charge on any atom is 0.290 e. The molecule has 0 saturated carbocycles. The van der Waals surface area contributed by atoms with Gasteiger partial charge in [-0.05, 0) is 48.6 Å². The maximum atomic E-state index is 12.7. The van der Waals surface area contributed by atoms with E-state index >= 15 is 0 Å². The Morgan fingerprint density at radius 2 is 2.18 bits per heavy atom. The molecule has 0 radical (unpaired) electrons. The fourth-order valence-corrected chi connectivity index (χ4v) is 4.56. The number of carbonyl (C=O) groups is 2. The topological polar surface area (TPSA) is 82.6 Å². The van der Waals surface area contributed by atoms with E-state index in [1.165, 1.54) is 18.3 Å². The van der Waals surface area contributed by atoms with Crippen molar-refractivity contribution < 1.29 is 19.4 Å². The number of nitrogens with one attached hydrogen (secondary N) is 1. The zero-order valence-electron chi connectivity index (χ0n) is 15.6. The largest absolute Gasteiger partial charge is 0.503 e. The van der Waals surface area contributed by atoms with Crippen molar-refractivity contribution in [1.29, 1.82) is 0 Å². The number of hydrogen-bond donors (Lipinski definition) is 2. The number of aromatic amines is 1. The zero-order chi connectivity index (χ0) is 19.8. The quantitative estimate of drug-likeness (QED) is 0.665. The highest BCUT2D eigenvalue weighted by molar-refractivity contribution is 7.10. The van der Waals surface area contributed by atoms with Crippen LogP contribution in [0.5, 0.6) is 5.75 Å². The maximum absolute atomic E-state index is 12.7. The molecule has 6 nitrogen and oxygen atoms in total. The summed E-state index contributed by atoms with van der Waals surface area (Å²) in [6.07, 6.45) is 2.50. The summed E-state index contributed by atoms with van der Waals surface area (Å²) in [5.74, 6) is -0.462. The van der Waals surface area contributed by atoms with Crippen LogP contribution in [0.3, 0.4) is 0 Å². The standard InChI is InChI=1S/C21H20N2O4S/c1-12(24)18-19(17-4-3-9-28-17)23(21(26)20(18)25)8-7-13-11-22-16-6-5-14(27-2)10-15(13)16/h3-6,9-11,19,22,25H,7-8H2,1-2H3/t19-/m1/s1. The lowest BCUT2D eigenvalue weighted by Gasteiger charge is -2.25. The number of H-pyrrole nitrogens is 1. The molecular weight excluding hydrogens is 376 g/mol. The Hall–Kier alpha value is -3.06. The Labute approximate surface area is 166 Å². The summed E-state index contributed by atoms with van der Waals surface area (Å²) in [4.78, 5) is 30.5. The summed E-state index contributed by atoms with van der Waals surface area (Å²) >= 11 is 1.47. The van der Waals surface area contributed by atoms with Crippen molar-refractivity contribution >= 4 is 33.9 Å². The molecule has 1 aliphatic rings. The molecule has 4 rings (SSSR count). The van der Waals surface area contributed by atoms with Crippen molar-refractivity contribution in [2.24, 2.45) is 0 Å². The van der Waals surface area contributed by atoms with Crippen LogP contribution in [0.15, 0.2) is 53.2 Å². The predicted molar refractivity (Wildman–Crippen MR) is 108 cm³/mol. The lowest BCUT2D eigenvalue weighted by atomic mass is 10.0. The van der Waals surface area contributed by atoms with Gasteiger partial charge in [-0.3, -0.25) is 9.59 Å². The minimum Gasteiger partial charge on any atom is -0.503 e. The number of aliphatic hydroxyl groups excluding tert-OH is 1. The SMILES string of the molecule is COc1ccc2[nH]cc(CCN3C(=O)C(O)=C(C(C)=O)[C@H]3c3cccs3)c2c1. The molecule has 2 aromatic heterocycles. The fraction of sp³-hybridized carbons (Fsp3) is 0.238. The van der Waals surface area contributed by atoms with Crippen molar-refractivity contribution in [1.82, 2.24) is 9.88 Å². The Kier molecular flexibility index (Phi) is 4.68. The first-order valence-electron chi connectivity index (χ1n) is 8.93. The molecule has 2 N–H and O–H groups in total. The molecule has 1 amide bonds. The van der Waals surface area contributed by atoms with Gasteiger partial charge in [0.25, 0.3) is 5.91 Å². The summed E-state index contributed by atoms with van der Waals surface area (Å²) < 4.78 is 5.31. The molecule has 0 bridgehead atoms. The van der Waals surface area contributed by atoms with Crippen LogP contribution in [0, 0.1) is 0 Å². The number of aliphatic hydroxyl groups is 1. The molecule has 0 aliphatic carbocycles. The number of ether oxygens (including phenoxy) is 1. The minimum atomic E-state index is -0.537. The van der Waals surface area contributed by atoms with E-state index in [4.69, 9.17) is 4.74 Å². The van der Waals surface area contributed by atoms with Gasteiger partial charge < -0.3 is 19.7 Å². The Morgan fingerprint density at radius 3 is 2.86 bits per heavy atom. The van der Waals surface area contributed by atoms with Gasteiger partial charge in [0.2, 0.25) is 0 Å². The van der Waals surface area contributed by atoms with E-state index in [9.17, 15) is 14.7 Å². The highest BCUT2D eigenvalue weighted by Crippen LogP contribution is 2.39. The smallest absolute Gasteiger partial charge is 0.290 e. The summed E-state index contributed by atoms with van der Waals surface area (Å²) in [6.45, 7) is 1.77. The first kappa shape index (κ1) is 18.3. The highest BCUT2D eigenvalue weighted by Gasteiger charge is 2.42. The lowest BCUT2D eigenvalue weighted by molar-refractivity contribution is -0.129. The van der Waals surface area contributed by atoms with Gasteiger partial charge in [-0.15, -0.1) is 11.3 Å². The number of rotatable bonds is 6. The number of nitrogens with zero attached hydrogens (tertiary/aromatic N) is 1. The molecule has 28 heavy (non-hydrogen) atoms. The number of fused-ring (bicyclic) bond motifs is 1. The Balaban J connectivity index is 1.64. The van der Waals surface area contributed by atoms with E-state index in [0.717, 1.165) is 27.1 Å². The lowest BCUT2D eigenvalue weighted by Crippen LogP contribution is -2.32. The zero-order valence-corrected chi connectivity index (χ0v) is 16.4. The third-order valence-corrected chi connectivity index (χ3v) is 6.02. The molecule has 0 saturated heterocycles. The van der Waals surface area contributed by atoms with E-state index in [-0.39, 0.29) is 11.4 Å². The van der Waals surface area contributed by atoms with Crippen molar-refractivity contribution in [2.75, 3.05) is 13.7 Å². The summed E-state index contributed by atoms with van der Waals surface area (Å²) in [6, 6.07) is 9.02. The van der Waals surface area contributed by atoms with E-state index in [0.29, 0.717) is 13.0 Å². The van der Waals surface area contributed by atoms with Crippen molar-refractivity contribution in [2.45, 2.75) is 19.4 Å². The highest BCUT2D eigenvalue weighted by atomic mass is 32.1. The van der Waals surface area contributed by atoms with Gasteiger partial charge in [-0.1, -0.05) is 6.07 Å². The molecule has 7 heteroatoms. The molecule has 0 fully saturated rings. The number of carbonyl (C=O) groups excluding carboxylic acids is 2. The molecule has 1 atom stereocenters. The van der Waals surface area contributed by atoms with Crippen LogP contribution >= 0.6 is 11.3 Å². The van der Waals surface area contributed by atoms with E-state index < -0.39 is 17.7 Å². The molecule has 0 spiro atoms. The average molecular weight is 396 g/mol. The van der Waals surface area contributed by atoms with Gasteiger partial charge in [-0.25, -0.2) is 0 Å². The second-order valence-electron chi connectivity index (χ2n) is 6.71. The van der Waals surface area contributed by atoms with Gasteiger partial charge in [0, 0.05) is 28.5 Å². The van der Waals surface area contributed by atoms with Crippen molar-refractivity contribution in [3.63, 3.8) is 0 Å². The van der Waals surface area contributed by atoms with Crippen LogP contribution in [0.2, 0.25) is 0 Å². The Morgan fingerprint density at radius 1 is 1.36 bits per heavy atom. The van der Waals surface area contributed by atoms with E-state index in [2.05, 4.69) is 4.98 Å². The van der Waals surface area contributed by atoms with E-state index in [1.807, 2.05) is 41.9 Å². The van der Waals surface area contributed by atoms with Gasteiger partial charge in [0.05, 0.1) is 18.7 Å². The summed E-state index contributed by atoms with van der Waals surface area (Å²) in [5.41, 5.74) is 2.21. The normalized spacial score (nSPS) is 17.0. The second-order valence-corrected chi connectivity index (χ2v) is 7.69.